The van der Waals surface area contributed by atoms with E-state index in [4.69, 9.17) is 0 Å². The molecule has 0 aliphatic heterocycles. The first-order valence-corrected chi connectivity index (χ1v) is 9.66. The Morgan fingerprint density at radius 1 is 1.18 bits per heavy atom. The molecule has 0 radical (unpaired) electrons. The summed E-state index contributed by atoms with van der Waals surface area (Å²) in [5.74, 6) is 3.45. The standard InChI is InChI=1S/C14H27NOSi/c1-13(2,9-10-17(6,7)8)11-14(3,4)12(16)15-5/h11H2,1-8H3,(H,15,16). The Kier molecular flexibility index (Phi) is 5.03. The summed E-state index contributed by atoms with van der Waals surface area (Å²) in [5, 5.41) is 2.72. The average molecular weight is 253 g/mol. The molecule has 2 nitrogen and oxygen atoms in total. The molecule has 0 bridgehead atoms. The molecule has 0 saturated heterocycles. The molecule has 3 heteroatoms. The highest BCUT2D eigenvalue weighted by atomic mass is 28.3. The van der Waals surface area contributed by atoms with Gasteiger partial charge in [-0.25, -0.2) is 0 Å². The van der Waals surface area contributed by atoms with Gasteiger partial charge in [0.25, 0.3) is 0 Å². The lowest BCUT2D eigenvalue weighted by atomic mass is 9.75. The lowest BCUT2D eigenvalue weighted by molar-refractivity contribution is -0.130. The van der Waals surface area contributed by atoms with Gasteiger partial charge in [0.1, 0.15) is 8.07 Å². The highest BCUT2D eigenvalue weighted by Crippen LogP contribution is 2.33. The van der Waals surface area contributed by atoms with Crippen LogP contribution in [0.4, 0.5) is 0 Å². The van der Waals surface area contributed by atoms with Gasteiger partial charge in [-0.2, -0.15) is 0 Å². The predicted molar refractivity (Wildman–Crippen MR) is 77.4 cm³/mol. The maximum Gasteiger partial charge on any atom is 0.225 e. The van der Waals surface area contributed by atoms with Gasteiger partial charge in [0.15, 0.2) is 0 Å². The first-order chi connectivity index (χ1) is 7.40. The smallest absolute Gasteiger partial charge is 0.225 e. The van der Waals surface area contributed by atoms with Gasteiger partial charge in [-0.05, 0) is 20.3 Å². The normalized spacial score (nSPS) is 12.7. The van der Waals surface area contributed by atoms with Crippen molar-refractivity contribution in [1.82, 2.24) is 5.32 Å². The van der Waals surface area contributed by atoms with Crippen LogP contribution in [-0.2, 0) is 4.79 Å². The third kappa shape index (κ3) is 6.53. The van der Waals surface area contributed by atoms with Crippen molar-refractivity contribution >= 4 is 14.0 Å². The highest BCUT2D eigenvalue weighted by Gasteiger charge is 2.33. The first kappa shape index (κ1) is 16.2. The number of amides is 1. The van der Waals surface area contributed by atoms with Crippen LogP contribution >= 0.6 is 0 Å². The summed E-state index contributed by atoms with van der Waals surface area (Å²) in [5.41, 5.74) is 2.92. The molecule has 0 heterocycles. The molecule has 1 N–H and O–H groups in total. The molecule has 0 aliphatic carbocycles. The minimum Gasteiger partial charge on any atom is -0.359 e. The zero-order valence-electron chi connectivity index (χ0n) is 12.6. The van der Waals surface area contributed by atoms with E-state index in [1.807, 2.05) is 13.8 Å². The van der Waals surface area contributed by atoms with Gasteiger partial charge >= 0.3 is 0 Å². The Labute approximate surface area is 108 Å². The number of hydrogen-bond donors (Lipinski definition) is 1. The molecule has 0 spiro atoms. The second kappa shape index (κ2) is 5.26. The Balaban J connectivity index is 4.86. The highest BCUT2D eigenvalue weighted by molar-refractivity contribution is 6.83. The Bertz CT molecular complexity index is 339. The summed E-state index contributed by atoms with van der Waals surface area (Å²) >= 11 is 0. The summed E-state index contributed by atoms with van der Waals surface area (Å²) in [4.78, 5) is 11.8. The lowest BCUT2D eigenvalue weighted by Gasteiger charge is -2.30. The van der Waals surface area contributed by atoms with Crippen LogP contribution in [0.1, 0.15) is 34.1 Å². The molecule has 98 valence electrons. The zero-order chi connectivity index (χ0) is 13.9. The molecule has 0 rings (SSSR count). The van der Waals surface area contributed by atoms with Crippen LogP contribution in [0.2, 0.25) is 19.6 Å². The van der Waals surface area contributed by atoms with E-state index in [9.17, 15) is 4.79 Å². The van der Waals surface area contributed by atoms with Crippen molar-refractivity contribution in [1.29, 1.82) is 0 Å². The largest absolute Gasteiger partial charge is 0.359 e. The van der Waals surface area contributed by atoms with Crippen molar-refractivity contribution in [3.63, 3.8) is 0 Å². The van der Waals surface area contributed by atoms with Crippen LogP contribution in [0.15, 0.2) is 0 Å². The van der Waals surface area contributed by atoms with E-state index in [0.717, 1.165) is 6.42 Å². The Morgan fingerprint density at radius 3 is 2.00 bits per heavy atom. The van der Waals surface area contributed by atoms with Crippen LogP contribution in [-0.4, -0.2) is 21.0 Å². The third-order valence-electron chi connectivity index (χ3n) is 2.50. The van der Waals surface area contributed by atoms with Crippen LogP contribution in [0.25, 0.3) is 0 Å². The fraction of sp³-hybridized carbons (Fsp3) is 0.786. The van der Waals surface area contributed by atoms with Crippen molar-refractivity contribution in [2.75, 3.05) is 7.05 Å². The minimum atomic E-state index is -1.34. The van der Waals surface area contributed by atoms with E-state index in [1.54, 1.807) is 7.05 Å². The van der Waals surface area contributed by atoms with Gasteiger partial charge in [0, 0.05) is 17.9 Å². The molecular formula is C14H27NOSi. The molecule has 0 saturated carbocycles. The summed E-state index contributed by atoms with van der Waals surface area (Å²) in [6.07, 6.45) is 0.775. The summed E-state index contributed by atoms with van der Waals surface area (Å²) in [6.45, 7) is 14.9. The quantitative estimate of drug-likeness (QED) is 0.608. The van der Waals surface area contributed by atoms with Crippen molar-refractivity contribution in [2.24, 2.45) is 10.8 Å². The summed E-state index contributed by atoms with van der Waals surface area (Å²) < 4.78 is 0. The third-order valence-corrected chi connectivity index (χ3v) is 3.38. The second-order valence-electron chi connectivity index (χ2n) is 7.02. The topological polar surface area (TPSA) is 29.1 Å². The molecular weight excluding hydrogens is 226 g/mol. The number of nitrogens with one attached hydrogen (secondary N) is 1. The monoisotopic (exact) mass is 253 g/mol. The van der Waals surface area contributed by atoms with Crippen LogP contribution in [0.3, 0.4) is 0 Å². The van der Waals surface area contributed by atoms with E-state index >= 15 is 0 Å². The van der Waals surface area contributed by atoms with Crippen molar-refractivity contribution < 1.29 is 4.79 Å². The lowest BCUT2D eigenvalue weighted by Crippen LogP contribution is -2.37. The van der Waals surface area contributed by atoms with Crippen LogP contribution < -0.4 is 5.32 Å². The van der Waals surface area contributed by atoms with Gasteiger partial charge < -0.3 is 5.32 Å². The average Bonchev–Trinajstić information content (AvgIpc) is 2.11. The van der Waals surface area contributed by atoms with E-state index in [0.29, 0.717) is 0 Å². The summed E-state index contributed by atoms with van der Waals surface area (Å²) in [6, 6.07) is 0. The van der Waals surface area contributed by atoms with Crippen molar-refractivity contribution in [3.05, 3.63) is 0 Å². The number of rotatable bonds is 3. The second-order valence-corrected chi connectivity index (χ2v) is 11.8. The molecule has 0 fully saturated rings. The molecule has 0 aliphatic rings. The minimum absolute atomic E-state index is 0.0837. The maximum atomic E-state index is 11.8. The predicted octanol–water partition coefficient (Wildman–Crippen LogP) is 3.06. The van der Waals surface area contributed by atoms with Gasteiger partial charge in [0.05, 0.1) is 0 Å². The Hall–Kier alpha value is -0.753. The van der Waals surface area contributed by atoms with Gasteiger partial charge in [-0.15, -0.1) is 11.5 Å². The molecule has 0 atom stereocenters. The van der Waals surface area contributed by atoms with Crippen LogP contribution in [0, 0.1) is 22.3 Å². The van der Waals surface area contributed by atoms with Crippen molar-refractivity contribution in [2.45, 2.75) is 53.8 Å². The van der Waals surface area contributed by atoms with Gasteiger partial charge in [0.2, 0.25) is 5.91 Å². The Morgan fingerprint density at radius 2 is 1.65 bits per heavy atom. The van der Waals surface area contributed by atoms with Crippen molar-refractivity contribution in [3.8, 4) is 11.5 Å². The molecule has 0 aromatic carbocycles. The number of hydrogen-bond acceptors (Lipinski definition) is 1. The van der Waals surface area contributed by atoms with E-state index < -0.39 is 8.07 Å². The fourth-order valence-corrected chi connectivity index (χ4v) is 2.64. The van der Waals surface area contributed by atoms with E-state index in [-0.39, 0.29) is 16.7 Å². The molecule has 0 aromatic heterocycles. The van der Waals surface area contributed by atoms with Gasteiger partial charge in [-0.3, -0.25) is 4.79 Å². The van der Waals surface area contributed by atoms with E-state index in [2.05, 4.69) is 50.3 Å². The summed E-state index contributed by atoms with van der Waals surface area (Å²) in [7, 11) is 0.346. The van der Waals surface area contributed by atoms with Crippen LogP contribution in [0.5, 0.6) is 0 Å². The zero-order valence-corrected chi connectivity index (χ0v) is 13.6. The van der Waals surface area contributed by atoms with Gasteiger partial charge in [-0.1, -0.05) is 33.5 Å². The molecule has 17 heavy (non-hydrogen) atoms. The molecule has 1 amide bonds. The number of carbonyl (C=O) groups is 1. The fourth-order valence-electron chi connectivity index (χ4n) is 1.92. The molecule has 0 aromatic rings. The maximum absolute atomic E-state index is 11.8. The number of carbonyl (C=O) groups excluding carboxylic acids is 1. The van der Waals surface area contributed by atoms with E-state index in [1.165, 1.54) is 0 Å². The SMILES string of the molecule is CNC(=O)C(C)(C)CC(C)(C)C#C[Si](C)(C)C. The molecule has 0 unspecified atom stereocenters. The first-order valence-electron chi connectivity index (χ1n) is 6.16.